The Morgan fingerprint density at radius 1 is 0.597 bits per heavy atom. The number of hydrogen-bond acceptors (Lipinski definition) is 14. The Hall–Kier alpha value is -6.44. The molecule has 0 aliphatic carbocycles. The van der Waals surface area contributed by atoms with Gasteiger partial charge in [0.15, 0.2) is 0 Å². The Kier molecular flexibility index (Phi) is 25.6. The van der Waals surface area contributed by atoms with E-state index in [0.29, 0.717) is 32.2 Å². The summed E-state index contributed by atoms with van der Waals surface area (Å²) in [6.07, 6.45) is -1.47. The number of amides is 11. The standard InChI is InChI=1S/C41H71N13O13/c1-5-21(4)33(47)39(64)52-26(18-31(45)57)37(62)49-22(11-13-29(43)55)34(59)48-23(12-14-30(44)56)35(60)51-25(17-20(2)3)36(61)53-27(19-32(46)58)40(65)54-16-8-10-28(54)38(63)50-24(41(66)67)9-6-7-15-42/h20-28,33H,5-19,42,47H2,1-4H3,(H2,43,55)(H2,44,56)(H2,45,57)(H2,46,58)(H,48,59)(H,49,62)(H,50,63)(H,51,60)(H,52,64)(H,53,61)(H,66,67)/t21-,22-,23-,24-,25-,26-,27-,28-,33-/m0/s1. The van der Waals surface area contributed by atoms with Crippen molar-refractivity contribution < 1.29 is 62.6 Å². The van der Waals surface area contributed by atoms with E-state index in [-0.39, 0.29) is 37.6 Å². The molecule has 26 nitrogen and oxygen atoms in total. The summed E-state index contributed by atoms with van der Waals surface area (Å²) in [6, 6.07) is -11.6. The van der Waals surface area contributed by atoms with E-state index in [9.17, 15) is 62.6 Å². The van der Waals surface area contributed by atoms with Crippen molar-refractivity contribution in [1.29, 1.82) is 0 Å². The van der Waals surface area contributed by atoms with E-state index < -0.39 is 158 Å². The monoisotopic (exact) mass is 954 g/mol. The second kappa shape index (κ2) is 29.3. The van der Waals surface area contributed by atoms with Crippen LogP contribution in [0.3, 0.4) is 0 Å². The molecule has 67 heavy (non-hydrogen) atoms. The van der Waals surface area contributed by atoms with E-state index in [2.05, 4.69) is 31.9 Å². The van der Waals surface area contributed by atoms with Gasteiger partial charge >= 0.3 is 5.97 Å². The lowest BCUT2D eigenvalue weighted by Gasteiger charge is -2.30. The lowest BCUT2D eigenvalue weighted by molar-refractivity contribution is -0.145. The van der Waals surface area contributed by atoms with Crippen molar-refractivity contribution in [3.05, 3.63) is 0 Å². The van der Waals surface area contributed by atoms with Crippen molar-refractivity contribution in [2.75, 3.05) is 13.1 Å². The molecule has 0 aromatic carbocycles. The molecule has 11 amide bonds. The molecule has 1 fully saturated rings. The fourth-order valence-corrected chi connectivity index (χ4v) is 7.02. The van der Waals surface area contributed by atoms with Gasteiger partial charge in [-0.05, 0) is 69.7 Å². The van der Waals surface area contributed by atoms with Crippen molar-refractivity contribution in [2.24, 2.45) is 46.2 Å². The zero-order valence-corrected chi connectivity index (χ0v) is 38.6. The maximum atomic E-state index is 14.0. The molecule has 1 aliphatic rings. The quantitative estimate of drug-likeness (QED) is 0.0280. The summed E-state index contributed by atoms with van der Waals surface area (Å²) in [5, 5.41) is 24.1. The van der Waals surface area contributed by atoms with Crippen LogP contribution in [-0.4, -0.2) is 142 Å². The number of hydrogen-bond donors (Lipinski definition) is 13. The summed E-state index contributed by atoms with van der Waals surface area (Å²) in [4.78, 5) is 156. The van der Waals surface area contributed by atoms with Crippen LogP contribution in [0.5, 0.6) is 0 Å². The van der Waals surface area contributed by atoms with Gasteiger partial charge in [0.2, 0.25) is 65.0 Å². The van der Waals surface area contributed by atoms with Crippen LogP contribution in [0.25, 0.3) is 0 Å². The summed E-state index contributed by atoms with van der Waals surface area (Å²) >= 11 is 0. The van der Waals surface area contributed by atoms with Gasteiger partial charge in [-0.1, -0.05) is 34.1 Å². The average molecular weight is 954 g/mol. The van der Waals surface area contributed by atoms with Crippen LogP contribution in [0.2, 0.25) is 0 Å². The number of likely N-dealkylation sites (tertiary alicyclic amines) is 1. The Labute approximate surface area is 388 Å². The van der Waals surface area contributed by atoms with Gasteiger partial charge in [0.25, 0.3) is 0 Å². The largest absolute Gasteiger partial charge is 0.480 e. The maximum absolute atomic E-state index is 14.0. The third-order valence-corrected chi connectivity index (χ3v) is 11.0. The zero-order valence-electron chi connectivity index (χ0n) is 38.6. The van der Waals surface area contributed by atoms with Crippen molar-refractivity contribution in [1.82, 2.24) is 36.8 Å². The van der Waals surface area contributed by atoms with E-state index in [1.807, 2.05) is 0 Å². The molecule has 0 bridgehead atoms. The van der Waals surface area contributed by atoms with Crippen LogP contribution in [0.1, 0.15) is 111 Å². The van der Waals surface area contributed by atoms with Crippen molar-refractivity contribution >= 4 is 70.9 Å². The molecule has 19 N–H and O–H groups in total. The molecule has 0 saturated carbocycles. The zero-order chi connectivity index (χ0) is 51.1. The number of carbonyl (C=O) groups is 12. The van der Waals surface area contributed by atoms with Crippen molar-refractivity contribution in [3.8, 4) is 0 Å². The molecule has 378 valence electrons. The lowest BCUT2D eigenvalue weighted by Crippen LogP contribution is -2.60. The maximum Gasteiger partial charge on any atom is 0.326 e. The number of nitrogens with two attached hydrogens (primary N) is 6. The molecule has 1 rings (SSSR count). The second-order valence-corrected chi connectivity index (χ2v) is 17.1. The van der Waals surface area contributed by atoms with Crippen molar-refractivity contribution in [2.45, 2.75) is 160 Å². The predicted molar refractivity (Wildman–Crippen MR) is 238 cm³/mol. The number of carboxylic acids is 1. The van der Waals surface area contributed by atoms with Crippen LogP contribution in [0, 0.1) is 11.8 Å². The number of nitrogens with zero attached hydrogens (tertiary/aromatic N) is 1. The molecular formula is C41H71N13O13. The number of unbranched alkanes of at least 4 members (excludes halogenated alkanes) is 1. The molecule has 0 aromatic heterocycles. The van der Waals surface area contributed by atoms with E-state index in [1.165, 1.54) is 0 Å². The van der Waals surface area contributed by atoms with E-state index in [0.717, 1.165) is 4.90 Å². The Morgan fingerprint density at radius 3 is 1.52 bits per heavy atom. The molecular weight excluding hydrogens is 883 g/mol. The summed E-state index contributed by atoms with van der Waals surface area (Å²) in [7, 11) is 0. The van der Waals surface area contributed by atoms with Crippen molar-refractivity contribution in [3.63, 3.8) is 0 Å². The van der Waals surface area contributed by atoms with Crippen LogP contribution in [-0.2, 0) is 57.5 Å². The summed E-state index contributed by atoms with van der Waals surface area (Å²) in [5.74, 6) is -12.4. The molecule has 1 heterocycles. The first kappa shape index (κ1) is 58.6. The third kappa shape index (κ3) is 21.2. The minimum Gasteiger partial charge on any atom is -0.480 e. The van der Waals surface area contributed by atoms with Gasteiger partial charge in [-0.25, -0.2) is 4.79 Å². The number of nitrogens with one attached hydrogen (secondary N) is 6. The first-order valence-corrected chi connectivity index (χ1v) is 22.3. The van der Waals surface area contributed by atoms with Gasteiger partial charge in [-0.2, -0.15) is 0 Å². The van der Waals surface area contributed by atoms with Crippen LogP contribution >= 0.6 is 0 Å². The number of carboxylic acid groups (broad SMARTS) is 1. The predicted octanol–water partition coefficient (Wildman–Crippen LogP) is -5.20. The highest BCUT2D eigenvalue weighted by Crippen LogP contribution is 2.20. The van der Waals surface area contributed by atoms with E-state index >= 15 is 0 Å². The minimum atomic E-state index is -1.66. The number of primary amides is 4. The van der Waals surface area contributed by atoms with Crippen LogP contribution in [0.4, 0.5) is 0 Å². The molecule has 0 aromatic rings. The minimum absolute atomic E-state index is 0.00803. The fraction of sp³-hybridized carbons (Fsp3) is 0.707. The van der Waals surface area contributed by atoms with Gasteiger partial charge in [-0.15, -0.1) is 0 Å². The van der Waals surface area contributed by atoms with E-state index in [1.54, 1.807) is 27.7 Å². The topological polar surface area (TPSA) is 457 Å². The van der Waals surface area contributed by atoms with Gasteiger partial charge in [0.1, 0.15) is 42.3 Å². The van der Waals surface area contributed by atoms with E-state index in [4.69, 9.17) is 34.4 Å². The summed E-state index contributed by atoms with van der Waals surface area (Å²) < 4.78 is 0. The molecule has 26 heteroatoms. The first-order valence-electron chi connectivity index (χ1n) is 22.3. The average Bonchev–Trinajstić information content (AvgIpc) is 3.74. The van der Waals surface area contributed by atoms with Crippen LogP contribution in [0.15, 0.2) is 0 Å². The molecule has 1 aliphatic heterocycles. The highest BCUT2D eigenvalue weighted by atomic mass is 16.4. The molecule has 1 saturated heterocycles. The second-order valence-electron chi connectivity index (χ2n) is 17.1. The Balaban J connectivity index is 3.44. The van der Waals surface area contributed by atoms with Crippen LogP contribution < -0.4 is 66.3 Å². The normalized spacial score (nSPS) is 16.9. The fourth-order valence-electron chi connectivity index (χ4n) is 7.02. The molecule has 0 spiro atoms. The highest BCUT2D eigenvalue weighted by Gasteiger charge is 2.40. The first-order chi connectivity index (χ1) is 31.3. The lowest BCUT2D eigenvalue weighted by atomic mass is 9.98. The number of carbonyl (C=O) groups excluding carboxylic acids is 11. The van der Waals surface area contributed by atoms with Gasteiger partial charge in [-0.3, -0.25) is 52.7 Å². The smallest absolute Gasteiger partial charge is 0.326 e. The highest BCUT2D eigenvalue weighted by molar-refractivity contribution is 5.99. The Morgan fingerprint density at radius 2 is 1.06 bits per heavy atom. The molecule has 0 unspecified atom stereocenters. The van der Waals surface area contributed by atoms with Gasteiger partial charge < -0.3 is 76.3 Å². The molecule has 0 radical (unpaired) electrons. The van der Waals surface area contributed by atoms with Gasteiger partial charge in [0, 0.05) is 19.4 Å². The number of rotatable bonds is 32. The molecule has 9 atom stereocenters. The SMILES string of the molecule is CC[C@H](C)[C@H](N)C(=O)N[C@@H](CC(N)=O)C(=O)N[C@@H](CCC(N)=O)C(=O)N[C@@H](CCC(N)=O)C(=O)N[C@@H](CC(C)C)C(=O)N[C@@H](CC(N)=O)C(=O)N1CCC[C@H]1C(=O)N[C@@H](CCCCN)C(=O)O. The van der Waals surface area contributed by atoms with Gasteiger partial charge in [0.05, 0.1) is 18.9 Å². The Bertz CT molecular complexity index is 1800. The third-order valence-electron chi connectivity index (χ3n) is 11.0. The number of aliphatic carboxylic acids is 1. The summed E-state index contributed by atoms with van der Waals surface area (Å²) in [5.41, 5.74) is 32.9. The summed E-state index contributed by atoms with van der Waals surface area (Å²) in [6.45, 7) is 7.17.